The molecule has 0 unspecified atom stereocenters. The molecule has 1 N–H and O–H groups in total. The Kier molecular flexibility index (Phi) is 4.79. The van der Waals surface area contributed by atoms with Gasteiger partial charge < -0.3 is 23.9 Å². The molecule has 3 aromatic rings. The van der Waals surface area contributed by atoms with E-state index in [4.69, 9.17) is 18.6 Å². The predicted molar refractivity (Wildman–Crippen MR) is 95.1 cm³/mol. The molecule has 0 saturated heterocycles. The summed E-state index contributed by atoms with van der Waals surface area (Å²) in [6.07, 6.45) is 0. The van der Waals surface area contributed by atoms with E-state index in [1.54, 1.807) is 12.1 Å². The van der Waals surface area contributed by atoms with Crippen molar-refractivity contribution in [3.8, 4) is 11.5 Å². The van der Waals surface area contributed by atoms with Crippen molar-refractivity contribution < 1.29 is 28.2 Å². The summed E-state index contributed by atoms with van der Waals surface area (Å²) < 4.78 is 20.7. The zero-order chi connectivity index (χ0) is 18.7. The molecule has 1 heterocycles. The molecule has 3 rings (SSSR count). The lowest BCUT2D eigenvalue weighted by Gasteiger charge is -2.14. The fourth-order valence-corrected chi connectivity index (χ4v) is 2.54. The van der Waals surface area contributed by atoms with Gasteiger partial charge in [0.1, 0.15) is 5.58 Å². The number of carbonyl (C=O) groups excluding carboxylic acids is 2. The van der Waals surface area contributed by atoms with Crippen molar-refractivity contribution in [1.29, 1.82) is 0 Å². The number of carbonyl (C=O) groups is 2. The molecule has 7 heteroatoms. The average molecular weight is 355 g/mol. The van der Waals surface area contributed by atoms with Crippen LogP contribution in [0, 0.1) is 0 Å². The zero-order valence-corrected chi connectivity index (χ0v) is 14.5. The molecule has 1 aromatic heterocycles. The number of para-hydroxylation sites is 1. The number of hydrogen-bond acceptors (Lipinski definition) is 6. The van der Waals surface area contributed by atoms with E-state index in [0.717, 1.165) is 5.39 Å². The molecule has 0 radical (unpaired) electrons. The molecule has 0 atom stereocenters. The first-order valence-corrected chi connectivity index (χ1v) is 7.71. The van der Waals surface area contributed by atoms with E-state index in [1.807, 2.05) is 18.2 Å². The maximum atomic E-state index is 12.6. The van der Waals surface area contributed by atoms with Crippen LogP contribution >= 0.6 is 0 Å². The van der Waals surface area contributed by atoms with Crippen molar-refractivity contribution >= 4 is 28.5 Å². The van der Waals surface area contributed by atoms with E-state index >= 15 is 0 Å². The minimum Gasteiger partial charge on any atom is -0.493 e. The zero-order valence-electron chi connectivity index (χ0n) is 14.5. The topological polar surface area (TPSA) is 87.0 Å². The fourth-order valence-electron chi connectivity index (χ4n) is 2.54. The molecule has 7 nitrogen and oxygen atoms in total. The van der Waals surface area contributed by atoms with Crippen LogP contribution in [0.15, 0.2) is 46.9 Å². The van der Waals surface area contributed by atoms with Crippen LogP contribution in [0.4, 0.5) is 5.69 Å². The second-order valence-electron chi connectivity index (χ2n) is 5.35. The standard InChI is InChI=1S/C19H17NO6/c1-23-15-9-12(19(22)25-3)13(10-16(15)24-2)20-18(21)17-8-11-6-4-5-7-14(11)26-17/h4-10H,1-3H3,(H,20,21). The number of nitrogens with one attached hydrogen (secondary N) is 1. The number of amides is 1. The Hall–Kier alpha value is -3.48. The van der Waals surface area contributed by atoms with Gasteiger partial charge in [0.05, 0.1) is 32.6 Å². The molecule has 0 spiro atoms. The smallest absolute Gasteiger partial charge is 0.340 e. The van der Waals surface area contributed by atoms with Crippen LogP contribution in [0.3, 0.4) is 0 Å². The molecule has 134 valence electrons. The van der Waals surface area contributed by atoms with Gasteiger partial charge in [0.25, 0.3) is 5.91 Å². The lowest BCUT2D eigenvalue weighted by Crippen LogP contribution is -2.15. The average Bonchev–Trinajstić information content (AvgIpc) is 3.11. The lowest BCUT2D eigenvalue weighted by molar-refractivity contribution is 0.0601. The Morgan fingerprint density at radius 1 is 0.962 bits per heavy atom. The van der Waals surface area contributed by atoms with E-state index in [0.29, 0.717) is 17.1 Å². The van der Waals surface area contributed by atoms with Crippen molar-refractivity contribution in [2.75, 3.05) is 26.6 Å². The maximum Gasteiger partial charge on any atom is 0.340 e. The van der Waals surface area contributed by atoms with Gasteiger partial charge in [0.15, 0.2) is 17.3 Å². The van der Waals surface area contributed by atoms with Crippen LogP contribution in [0.25, 0.3) is 11.0 Å². The summed E-state index contributed by atoms with van der Waals surface area (Å²) in [7, 11) is 4.16. The van der Waals surface area contributed by atoms with E-state index in [2.05, 4.69) is 5.32 Å². The first-order chi connectivity index (χ1) is 12.6. The van der Waals surface area contributed by atoms with Gasteiger partial charge in [-0.2, -0.15) is 0 Å². The Labute approximate surface area is 149 Å². The molecule has 26 heavy (non-hydrogen) atoms. The highest BCUT2D eigenvalue weighted by Gasteiger charge is 2.21. The van der Waals surface area contributed by atoms with E-state index < -0.39 is 11.9 Å². The number of ether oxygens (including phenoxy) is 3. The van der Waals surface area contributed by atoms with Crippen molar-refractivity contribution in [2.24, 2.45) is 0 Å². The number of rotatable bonds is 5. The number of anilines is 1. The van der Waals surface area contributed by atoms with Crippen LogP contribution in [0.1, 0.15) is 20.9 Å². The van der Waals surface area contributed by atoms with Gasteiger partial charge in [0.2, 0.25) is 0 Å². The molecule has 0 aliphatic heterocycles. The van der Waals surface area contributed by atoms with Crippen LogP contribution in [-0.2, 0) is 4.74 Å². The molecule has 2 aromatic carbocycles. The third kappa shape index (κ3) is 3.19. The van der Waals surface area contributed by atoms with Gasteiger partial charge >= 0.3 is 5.97 Å². The van der Waals surface area contributed by atoms with Crippen LogP contribution < -0.4 is 14.8 Å². The quantitative estimate of drug-likeness (QED) is 0.705. The second kappa shape index (κ2) is 7.18. The first kappa shape index (κ1) is 17.3. The van der Waals surface area contributed by atoms with Crippen LogP contribution in [0.5, 0.6) is 11.5 Å². The van der Waals surface area contributed by atoms with Crippen molar-refractivity contribution in [3.63, 3.8) is 0 Å². The minimum absolute atomic E-state index is 0.122. The molecule has 1 amide bonds. The molecular formula is C19H17NO6. The maximum absolute atomic E-state index is 12.6. The highest BCUT2D eigenvalue weighted by molar-refractivity contribution is 6.08. The van der Waals surface area contributed by atoms with Gasteiger partial charge in [-0.3, -0.25) is 4.79 Å². The Bertz CT molecular complexity index is 942. The summed E-state index contributed by atoms with van der Waals surface area (Å²) in [6.45, 7) is 0. The number of esters is 1. The Morgan fingerprint density at radius 3 is 2.31 bits per heavy atom. The van der Waals surface area contributed by atoms with Gasteiger partial charge in [0, 0.05) is 17.5 Å². The summed E-state index contributed by atoms with van der Waals surface area (Å²) in [4.78, 5) is 24.6. The molecule has 0 fully saturated rings. The second-order valence-corrected chi connectivity index (χ2v) is 5.35. The van der Waals surface area contributed by atoms with Crippen LogP contribution in [-0.4, -0.2) is 33.2 Å². The molecule has 0 bridgehead atoms. The van der Waals surface area contributed by atoms with Crippen molar-refractivity contribution in [2.45, 2.75) is 0 Å². The minimum atomic E-state index is -0.620. The van der Waals surface area contributed by atoms with Gasteiger partial charge in [-0.15, -0.1) is 0 Å². The number of fused-ring (bicyclic) bond motifs is 1. The summed E-state index contributed by atoms with van der Waals surface area (Å²) in [5.74, 6) is -0.295. The molecule has 0 aliphatic carbocycles. The van der Waals surface area contributed by atoms with Crippen LogP contribution in [0.2, 0.25) is 0 Å². The number of furan rings is 1. The van der Waals surface area contributed by atoms with E-state index in [9.17, 15) is 9.59 Å². The number of benzene rings is 2. The molecular weight excluding hydrogens is 338 g/mol. The largest absolute Gasteiger partial charge is 0.493 e. The summed E-state index contributed by atoms with van der Waals surface area (Å²) in [5, 5.41) is 3.46. The monoisotopic (exact) mass is 355 g/mol. The highest BCUT2D eigenvalue weighted by Crippen LogP contribution is 2.34. The molecule has 0 saturated carbocycles. The third-order valence-electron chi connectivity index (χ3n) is 3.83. The van der Waals surface area contributed by atoms with Gasteiger partial charge in [-0.25, -0.2) is 4.79 Å². The van der Waals surface area contributed by atoms with Crippen molar-refractivity contribution in [1.82, 2.24) is 0 Å². The number of methoxy groups -OCH3 is 3. The third-order valence-corrected chi connectivity index (χ3v) is 3.83. The highest BCUT2D eigenvalue weighted by atomic mass is 16.5. The first-order valence-electron chi connectivity index (χ1n) is 7.71. The Balaban J connectivity index is 1.99. The van der Waals surface area contributed by atoms with Gasteiger partial charge in [-0.1, -0.05) is 18.2 Å². The number of hydrogen-bond donors (Lipinski definition) is 1. The van der Waals surface area contributed by atoms with Crippen molar-refractivity contribution in [3.05, 3.63) is 53.8 Å². The lowest BCUT2D eigenvalue weighted by atomic mass is 10.1. The summed E-state index contributed by atoms with van der Waals surface area (Å²) in [5.41, 5.74) is 0.952. The van der Waals surface area contributed by atoms with Gasteiger partial charge in [-0.05, 0) is 12.1 Å². The summed E-state index contributed by atoms with van der Waals surface area (Å²) >= 11 is 0. The molecule has 0 aliphatic rings. The van der Waals surface area contributed by atoms with E-state index in [1.165, 1.54) is 33.5 Å². The predicted octanol–water partition coefficient (Wildman–Crippen LogP) is 3.49. The Morgan fingerprint density at radius 2 is 1.65 bits per heavy atom. The normalized spacial score (nSPS) is 10.4. The SMILES string of the molecule is COC(=O)c1cc(OC)c(OC)cc1NC(=O)c1cc2ccccc2o1. The van der Waals surface area contributed by atoms with E-state index in [-0.39, 0.29) is 17.0 Å². The summed E-state index contributed by atoms with van der Waals surface area (Å²) in [6, 6.07) is 11.8. The fraction of sp³-hybridized carbons (Fsp3) is 0.158.